The van der Waals surface area contributed by atoms with Gasteiger partial charge in [0.15, 0.2) is 0 Å². The Morgan fingerprint density at radius 2 is 1.50 bits per heavy atom. The molecule has 0 aromatic heterocycles. The fourth-order valence-corrected chi connectivity index (χ4v) is 5.85. The molecule has 0 saturated carbocycles. The first kappa shape index (κ1) is 24.9. The Labute approximate surface area is 211 Å². The number of likely N-dealkylation sites (tertiary alicyclic amines) is 1. The van der Waals surface area contributed by atoms with Crippen molar-refractivity contribution in [1.29, 1.82) is 0 Å². The quantitative estimate of drug-likeness (QED) is 0.481. The topological polar surface area (TPSA) is 108 Å². The van der Waals surface area contributed by atoms with E-state index in [-0.39, 0.29) is 30.6 Å². The van der Waals surface area contributed by atoms with Gasteiger partial charge < -0.3 is 25.0 Å². The van der Waals surface area contributed by atoms with Crippen molar-refractivity contribution in [2.24, 2.45) is 5.41 Å². The van der Waals surface area contributed by atoms with Gasteiger partial charge in [0.2, 0.25) is 0 Å². The monoisotopic (exact) mass is 494 g/mol. The second-order valence-corrected chi connectivity index (χ2v) is 10.7. The van der Waals surface area contributed by atoms with Crippen molar-refractivity contribution in [3.05, 3.63) is 68.8 Å². The molecule has 0 amide bonds. The Kier molecular flexibility index (Phi) is 6.63. The summed E-state index contributed by atoms with van der Waals surface area (Å²) < 4.78 is 10.3. The van der Waals surface area contributed by atoms with Crippen LogP contribution in [0.25, 0.3) is 0 Å². The molecule has 3 aliphatic rings. The summed E-state index contributed by atoms with van der Waals surface area (Å²) in [6.45, 7) is 10.1. The molecule has 0 aliphatic carbocycles. The van der Waals surface area contributed by atoms with E-state index in [1.54, 1.807) is 12.1 Å². The molecule has 1 fully saturated rings. The van der Waals surface area contributed by atoms with Crippen LogP contribution in [0, 0.1) is 19.3 Å². The zero-order valence-corrected chi connectivity index (χ0v) is 21.1. The average molecular weight is 495 g/mol. The summed E-state index contributed by atoms with van der Waals surface area (Å²) in [4.78, 5) is 25.8. The highest BCUT2D eigenvalue weighted by Gasteiger charge is 2.35. The van der Waals surface area contributed by atoms with Gasteiger partial charge in [0.05, 0.1) is 23.3 Å². The first-order chi connectivity index (χ1) is 17.2. The van der Waals surface area contributed by atoms with Crippen LogP contribution in [0.4, 0.5) is 0 Å². The minimum Gasteiger partial charge on any atom is -0.457 e. The van der Waals surface area contributed by atoms with Crippen LogP contribution in [-0.4, -0.2) is 59.8 Å². The van der Waals surface area contributed by atoms with Crippen LogP contribution >= 0.6 is 0 Å². The number of hydrogen-bond donors (Lipinski definition) is 3. The molecule has 1 saturated heterocycles. The van der Waals surface area contributed by atoms with E-state index in [0.717, 1.165) is 59.4 Å². The highest BCUT2D eigenvalue weighted by atomic mass is 16.5. The summed E-state index contributed by atoms with van der Waals surface area (Å²) in [5.74, 6) is -0.593. The van der Waals surface area contributed by atoms with E-state index in [1.807, 2.05) is 26.0 Å². The van der Waals surface area contributed by atoms with Gasteiger partial charge in [-0.3, -0.25) is 4.90 Å². The zero-order chi connectivity index (χ0) is 25.6. The number of nitrogens with zero attached hydrogens (tertiary/aromatic N) is 1. The standard InChI is InChI=1S/C28H34N2O6/c1-16-18(4-6-20-22(16)12-35-26(20)33)24(31)10-29-14-28(3)8-9-30(15-28)11-25(32)19-5-7-21-23(17(19)2)13-36-27(21)34/h4-7,24-25,29,31-32H,8-15H2,1-3H3/t24-,25+,28?/m1/s1. The number of aliphatic hydroxyl groups excluding tert-OH is 2. The number of ether oxygens (including phenoxy) is 2. The van der Waals surface area contributed by atoms with Crippen LogP contribution in [0.3, 0.4) is 0 Å². The van der Waals surface area contributed by atoms with Crippen molar-refractivity contribution in [1.82, 2.24) is 10.2 Å². The molecule has 3 heterocycles. The van der Waals surface area contributed by atoms with Gasteiger partial charge in [0.25, 0.3) is 0 Å². The predicted molar refractivity (Wildman–Crippen MR) is 133 cm³/mol. The average Bonchev–Trinajstić information content (AvgIpc) is 3.52. The molecular weight excluding hydrogens is 460 g/mol. The van der Waals surface area contributed by atoms with E-state index in [4.69, 9.17) is 9.47 Å². The first-order valence-corrected chi connectivity index (χ1v) is 12.5. The molecule has 192 valence electrons. The second-order valence-electron chi connectivity index (χ2n) is 10.7. The van der Waals surface area contributed by atoms with Gasteiger partial charge in [0, 0.05) is 37.3 Å². The molecular formula is C28H34N2O6. The van der Waals surface area contributed by atoms with Crippen molar-refractivity contribution in [3.63, 3.8) is 0 Å². The number of cyclic esters (lactones) is 2. The summed E-state index contributed by atoms with van der Waals surface area (Å²) in [5, 5.41) is 25.2. The molecule has 5 rings (SSSR count). The lowest BCUT2D eigenvalue weighted by molar-refractivity contribution is 0.0526. The van der Waals surface area contributed by atoms with E-state index < -0.39 is 12.2 Å². The largest absolute Gasteiger partial charge is 0.457 e. The number of fused-ring (bicyclic) bond motifs is 2. The van der Waals surface area contributed by atoms with E-state index >= 15 is 0 Å². The molecule has 8 nitrogen and oxygen atoms in total. The second kappa shape index (κ2) is 9.59. The summed E-state index contributed by atoms with van der Waals surface area (Å²) in [5.41, 5.74) is 6.47. The lowest BCUT2D eigenvalue weighted by Gasteiger charge is -2.27. The number of nitrogens with one attached hydrogen (secondary N) is 1. The Morgan fingerprint density at radius 1 is 0.944 bits per heavy atom. The number of β-amino-alcohol motifs (C(OH)–C–C–N with tert-alkyl or cyclic N) is 1. The van der Waals surface area contributed by atoms with Crippen molar-refractivity contribution < 1.29 is 29.3 Å². The molecule has 3 N–H and O–H groups in total. The van der Waals surface area contributed by atoms with Gasteiger partial charge in [0.1, 0.15) is 13.2 Å². The molecule has 3 aliphatic heterocycles. The fourth-order valence-electron chi connectivity index (χ4n) is 5.85. The summed E-state index contributed by atoms with van der Waals surface area (Å²) in [7, 11) is 0. The maximum atomic E-state index is 11.8. The lowest BCUT2D eigenvalue weighted by atomic mass is 9.89. The van der Waals surface area contributed by atoms with Gasteiger partial charge >= 0.3 is 11.9 Å². The van der Waals surface area contributed by atoms with E-state index in [1.165, 1.54) is 0 Å². The number of aliphatic hydroxyl groups is 2. The zero-order valence-electron chi connectivity index (χ0n) is 21.1. The Hall–Kier alpha value is -2.78. The number of rotatable bonds is 8. The Morgan fingerprint density at radius 3 is 2.08 bits per heavy atom. The molecule has 2 aromatic carbocycles. The maximum Gasteiger partial charge on any atom is 0.338 e. The van der Waals surface area contributed by atoms with Crippen molar-refractivity contribution in [2.75, 3.05) is 32.7 Å². The van der Waals surface area contributed by atoms with Crippen molar-refractivity contribution >= 4 is 11.9 Å². The van der Waals surface area contributed by atoms with Crippen LogP contribution in [0.5, 0.6) is 0 Å². The SMILES string of the molecule is Cc1c([C@H](O)CNCC2(C)CCN(C[C@H](O)c3ccc4c(c3C)COC4=O)C2)ccc2c1COC2=O. The van der Waals surface area contributed by atoms with Gasteiger partial charge in [-0.25, -0.2) is 9.59 Å². The molecule has 8 heteroatoms. The van der Waals surface area contributed by atoms with Gasteiger partial charge in [-0.2, -0.15) is 0 Å². The van der Waals surface area contributed by atoms with Gasteiger partial charge in [-0.15, -0.1) is 0 Å². The summed E-state index contributed by atoms with van der Waals surface area (Å²) in [6, 6.07) is 7.15. The number of hydrogen-bond acceptors (Lipinski definition) is 8. The van der Waals surface area contributed by atoms with Crippen molar-refractivity contribution in [3.8, 4) is 0 Å². The van der Waals surface area contributed by atoms with Crippen LogP contribution in [0.1, 0.15) is 79.6 Å². The third-order valence-electron chi connectivity index (χ3n) is 8.09. The first-order valence-electron chi connectivity index (χ1n) is 12.5. The van der Waals surface area contributed by atoms with Crippen LogP contribution in [-0.2, 0) is 22.7 Å². The maximum absolute atomic E-state index is 11.8. The number of carbonyl (C=O) groups excluding carboxylic acids is 2. The Balaban J connectivity index is 1.14. The Bertz CT molecular complexity index is 1210. The molecule has 0 radical (unpaired) electrons. The third-order valence-corrected chi connectivity index (χ3v) is 8.09. The van der Waals surface area contributed by atoms with Gasteiger partial charge in [-0.05, 0) is 66.6 Å². The molecule has 1 unspecified atom stereocenters. The van der Waals surface area contributed by atoms with E-state index in [9.17, 15) is 19.8 Å². The van der Waals surface area contributed by atoms with Gasteiger partial charge in [-0.1, -0.05) is 19.1 Å². The lowest BCUT2D eigenvalue weighted by Crippen LogP contribution is -2.37. The minimum absolute atomic E-state index is 0.0277. The smallest absolute Gasteiger partial charge is 0.338 e. The fraction of sp³-hybridized carbons (Fsp3) is 0.500. The van der Waals surface area contributed by atoms with E-state index in [0.29, 0.717) is 24.2 Å². The van der Waals surface area contributed by atoms with Crippen LogP contribution in [0.15, 0.2) is 24.3 Å². The van der Waals surface area contributed by atoms with E-state index in [2.05, 4.69) is 17.1 Å². The third kappa shape index (κ3) is 4.54. The molecule has 0 spiro atoms. The van der Waals surface area contributed by atoms with Crippen LogP contribution < -0.4 is 5.32 Å². The number of carbonyl (C=O) groups is 2. The van der Waals surface area contributed by atoms with Crippen LogP contribution in [0.2, 0.25) is 0 Å². The predicted octanol–water partition coefficient (Wildman–Crippen LogP) is 2.71. The number of benzene rings is 2. The normalized spacial score (nSPS) is 22.8. The highest BCUT2D eigenvalue weighted by molar-refractivity contribution is 5.94. The molecule has 36 heavy (non-hydrogen) atoms. The number of esters is 2. The molecule has 3 atom stereocenters. The summed E-state index contributed by atoms with van der Waals surface area (Å²) >= 11 is 0. The van der Waals surface area contributed by atoms with Crippen molar-refractivity contribution in [2.45, 2.75) is 52.6 Å². The summed E-state index contributed by atoms with van der Waals surface area (Å²) in [6.07, 6.45) is -0.319. The molecule has 2 aromatic rings. The minimum atomic E-state index is -0.674. The molecule has 0 bridgehead atoms. The highest BCUT2D eigenvalue weighted by Crippen LogP contribution is 2.34.